The highest BCUT2D eigenvalue weighted by Crippen LogP contribution is 2.47. The zero-order valence-electron chi connectivity index (χ0n) is 9.02. The van der Waals surface area contributed by atoms with Crippen LogP contribution in [-0.4, -0.2) is 18.0 Å². The van der Waals surface area contributed by atoms with Crippen LogP contribution in [0.3, 0.4) is 0 Å². The minimum atomic E-state index is -0.116. The van der Waals surface area contributed by atoms with Gasteiger partial charge in [0.2, 0.25) is 0 Å². The van der Waals surface area contributed by atoms with Gasteiger partial charge in [-0.2, -0.15) is 0 Å². The number of rotatable bonds is 0. The lowest BCUT2D eigenvalue weighted by Crippen LogP contribution is -2.60. The average Bonchev–Trinajstić information content (AvgIpc) is 1.83. The van der Waals surface area contributed by atoms with Crippen LogP contribution in [0.5, 0.6) is 0 Å². The fraction of sp³-hybridized carbons (Fsp3) is 1.00. The first-order chi connectivity index (χ1) is 5.21. The predicted molar refractivity (Wildman–Crippen MR) is 49.0 cm³/mol. The number of hydrogen-bond acceptors (Lipinski definition) is 2. The van der Waals surface area contributed by atoms with Gasteiger partial charge in [-0.3, -0.25) is 0 Å². The Labute approximate surface area is 75.2 Å². The lowest BCUT2D eigenvalue weighted by atomic mass is 9.66. The molecule has 0 bridgehead atoms. The average molecular weight is 172 g/mol. The van der Waals surface area contributed by atoms with E-state index in [0.29, 0.717) is 6.79 Å². The highest BCUT2D eigenvalue weighted by atomic mass is 16.7. The van der Waals surface area contributed by atoms with Gasteiger partial charge in [0.1, 0.15) is 6.79 Å². The smallest absolute Gasteiger partial charge is 0.148 e. The maximum absolute atomic E-state index is 5.59. The summed E-state index contributed by atoms with van der Waals surface area (Å²) in [4.78, 5) is 0. The fourth-order valence-electron chi connectivity index (χ4n) is 1.41. The van der Waals surface area contributed by atoms with Crippen LogP contribution in [0.25, 0.3) is 0 Å². The van der Waals surface area contributed by atoms with Crippen molar-refractivity contribution in [2.24, 2.45) is 5.41 Å². The molecular weight excluding hydrogens is 152 g/mol. The van der Waals surface area contributed by atoms with Crippen molar-refractivity contribution in [1.82, 2.24) is 0 Å². The van der Waals surface area contributed by atoms with Gasteiger partial charge in [0.25, 0.3) is 0 Å². The molecule has 1 heterocycles. The summed E-state index contributed by atoms with van der Waals surface area (Å²) in [6.45, 7) is 13.3. The van der Waals surface area contributed by atoms with E-state index in [4.69, 9.17) is 9.47 Å². The number of ether oxygens (including phenoxy) is 2. The van der Waals surface area contributed by atoms with E-state index in [1.54, 1.807) is 0 Å². The topological polar surface area (TPSA) is 18.5 Å². The van der Waals surface area contributed by atoms with Gasteiger partial charge in [-0.25, -0.2) is 0 Å². The third-order valence-electron chi connectivity index (χ3n) is 3.85. The highest BCUT2D eigenvalue weighted by Gasteiger charge is 2.52. The molecule has 0 saturated carbocycles. The molecule has 1 saturated heterocycles. The normalized spacial score (nSPS) is 31.5. The lowest BCUT2D eigenvalue weighted by molar-refractivity contribution is -0.309. The fourth-order valence-corrected chi connectivity index (χ4v) is 1.41. The number of hydrogen-bond donors (Lipinski definition) is 0. The second-order valence-corrected chi connectivity index (χ2v) is 5.05. The Morgan fingerprint density at radius 1 is 0.750 bits per heavy atom. The van der Waals surface area contributed by atoms with E-state index in [9.17, 15) is 0 Å². The summed E-state index contributed by atoms with van der Waals surface area (Å²) in [7, 11) is 0. The van der Waals surface area contributed by atoms with Crippen LogP contribution in [0.4, 0.5) is 0 Å². The van der Waals surface area contributed by atoms with Crippen LogP contribution >= 0.6 is 0 Å². The molecule has 0 N–H and O–H groups in total. The summed E-state index contributed by atoms with van der Waals surface area (Å²) < 4.78 is 11.2. The summed E-state index contributed by atoms with van der Waals surface area (Å²) in [6.07, 6.45) is 0. The Bertz CT molecular complexity index is 162. The van der Waals surface area contributed by atoms with Crippen LogP contribution in [0.1, 0.15) is 41.5 Å². The first kappa shape index (κ1) is 10.0. The molecular formula is C10H20O2. The molecule has 0 aliphatic carbocycles. The van der Waals surface area contributed by atoms with E-state index in [1.165, 1.54) is 0 Å². The van der Waals surface area contributed by atoms with E-state index in [0.717, 1.165) is 0 Å². The van der Waals surface area contributed by atoms with Crippen molar-refractivity contribution in [3.05, 3.63) is 0 Å². The molecule has 0 atom stereocenters. The molecule has 1 fully saturated rings. The molecule has 0 aromatic carbocycles. The summed E-state index contributed by atoms with van der Waals surface area (Å²) >= 11 is 0. The molecule has 72 valence electrons. The zero-order valence-corrected chi connectivity index (χ0v) is 9.02. The summed E-state index contributed by atoms with van der Waals surface area (Å²) in [5, 5.41) is 0. The van der Waals surface area contributed by atoms with E-state index in [-0.39, 0.29) is 16.6 Å². The van der Waals surface area contributed by atoms with E-state index in [2.05, 4.69) is 41.5 Å². The molecule has 0 aromatic heterocycles. The largest absolute Gasteiger partial charge is 0.349 e. The van der Waals surface area contributed by atoms with Crippen LogP contribution < -0.4 is 0 Å². The van der Waals surface area contributed by atoms with Gasteiger partial charge in [0.15, 0.2) is 0 Å². The Hall–Kier alpha value is -0.0800. The molecule has 12 heavy (non-hydrogen) atoms. The quantitative estimate of drug-likeness (QED) is 0.559. The van der Waals surface area contributed by atoms with Gasteiger partial charge >= 0.3 is 0 Å². The van der Waals surface area contributed by atoms with E-state index >= 15 is 0 Å². The lowest BCUT2D eigenvalue weighted by Gasteiger charge is -2.54. The molecule has 0 radical (unpaired) electrons. The van der Waals surface area contributed by atoms with Crippen molar-refractivity contribution in [2.75, 3.05) is 6.79 Å². The SMILES string of the molecule is CC1(C)OCOC(C)(C)C1(C)C. The van der Waals surface area contributed by atoms with Crippen LogP contribution in [0, 0.1) is 5.41 Å². The highest BCUT2D eigenvalue weighted by molar-refractivity contribution is 5.00. The summed E-state index contributed by atoms with van der Waals surface area (Å²) in [6, 6.07) is 0. The second-order valence-electron chi connectivity index (χ2n) is 5.05. The maximum atomic E-state index is 5.59. The maximum Gasteiger partial charge on any atom is 0.148 e. The molecule has 1 aliphatic heterocycles. The Kier molecular flexibility index (Phi) is 2.05. The molecule has 0 unspecified atom stereocenters. The third-order valence-corrected chi connectivity index (χ3v) is 3.85. The van der Waals surface area contributed by atoms with Gasteiger partial charge in [-0.15, -0.1) is 0 Å². The first-order valence-corrected chi connectivity index (χ1v) is 4.49. The van der Waals surface area contributed by atoms with Gasteiger partial charge in [-0.05, 0) is 27.7 Å². The van der Waals surface area contributed by atoms with Crippen LogP contribution in [0.2, 0.25) is 0 Å². The molecule has 0 spiro atoms. The van der Waals surface area contributed by atoms with Crippen molar-refractivity contribution in [3.8, 4) is 0 Å². The molecule has 2 heteroatoms. The summed E-state index contributed by atoms with van der Waals surface area (Å²) in [5.41, 5.74) is -0.207. The molecule has 0 aromatic rings. The van der Waals surface area contributed by atoms with Gasteiger partial charge < -0.3 is 9.47 Å². The minimum absolute atomic E-state index is 0.0260. The van der Waals surface area contributed by atoms with E-state index in [1.807, 2.05) is 0 Å². The van der Waals surface area contributed by atoms with Crippen molar-refractivity contribution >= 4 is 0 Å². The molecule has 1 rings (SSSR count). The third kappa shape index (κ3) is 1.17. The monoisotopic (exact) mass is 172 g/mol. The van der Waals surface area contributed by atoms with Crippen LogP contribution in [0.15, 0.2) is 0 Å². The Morgan fingerprint density at radius 3 is 1.33 bits per heavy atom. The van der Waals surface area contributed by atoms with Gasteiger partial charge in [0, 0.05) is 5.41 Å². The Morgan fingerprint density at radius 2 is 1.08 bits per heavy atom. The van der Waals surface area contributed by atoms with Crippen LogP contribution in [-0.2, 0) is 9.47 Å². The van der Waals surface area contributed by atoms with E-state index < -0.39 is 0 Å². The molecule has 0 amide bonds. The summed E-state index contributed by atoms with van der Waals surface area (Å²) in [5.74, 6) is 0. The predicted octanol–water partition coefficient (Wildman–Crippen LogP) is 2.57. The van der Waals surface area contributed by atoms with Crippen molar-refractivity contribution in [2.45, 2.75) is 52.7 Å². The van der Waals surface area contributed by atoms with Gasteiger partial charge in [-0.1, -0.05) is 13.8 Å². The minimum Gasteiger partial charge on any atom is -0.349 e. The van der Waals surface area contributed by atoms with Gasteiger partial charge in [0.05, 0.1) is 11.2 Å². The first-order valence-electron chi connectivity index (χ1n) is 4.49. The van der Waals surface area contributed by atoms with Crippen molar-refractivity contribution in [1.29, 1.82) is 0 Å². The molecule has 1 aliphatic rings. The Balaban J connectivity index is 2.99. The zero-order chi connectivity index (χ0) is 9.62. The standard InChI is InChI=1S/C10H20O2/c1-8(2)9(3,4)11-7-12-10(8,5)6/h7H2,1-6H3. The van der Waals surface area contributed by atoms with Crippen molar-refractivity contribution in [3.63, 3.8) is 0 Å². The van der Waals surface area contributed by atoms with Crippen molar-refractivity contribution < 1.29 is 9.47 Å². The molecule has 2 nitrogen and oxygen atoms in total. The second kappa shape index (κ2) is 2.46.